The largest absolute Gasteiger partial charge is 0.486 e. The molecule has 1 saturated heterocycles. The first-order valence-electron chi connectivity index (χ1n) is 10.6. The summed E-state index contributed by atoms with van der Waals surface area (Å²) in [5.74, 6) is 1.27. The second kappa shape index (κ2) is 7.74. The summed E-state index contributed by atoms with van der Waals surface area (Å²) in [6.45, 7) is 4.80. The van der Waals surface area contributed by atoms with Crippen LogP contribution in [0.15, 0.2) is 42.7 Å². The number of carbonyl (C=O) groups excluding carboxylic acids is 2. The molecule has 1 amide bonds. The van der Waals surface area contributed by atoms with Crippen LogP contribution in [0, 0.1) is 13.8 Å². The van der Waals surface area contributed by atoms with E-state index in [2.05, 4.69) is 10.1 Å². The minimum absolute atomic E-state index is 0.0455. The number of benzene rings is 1. The Balaban J connectivity index is 1.33. The Morgan fingerprint density at radius 2 is 1.97 bits per heavy atom. The highest BCUT2D eigenvalue weighted by Gasteiger charge is 2.44. The van der Waals surface area contributed by atoms with Crippen molar-refractivity contribution in [3.63, 3.8) is 0 Å². The SMILES string of the molecule is Cc1cc(Cl)cc2c1OC1(CCN(C(=O)c3cnn(-c4ccccn4)c3C)CC1)CC2=O. The van der Waals surface area contributed by atoms with E-state index in [0.29, 0.717) is 60.1 Å². The molecule has 5 rings (SSSR count). The molecule has 1 aromatic carbocycles. The number of aryl methyl sites for hydroxylation is 1. The van der Waals surface area contributed by atoms with Crippen LogP contribution in [-0.2, 0) is 0 Å². The first-order valence-corrected chi connectivity index (χ1v) is 11.0. The highest BCUT2D eigenvalue weighted by molar-refractivity contribution is 6.31. The third-order valence-corrected chi connectivity index (χ3v) is 6.63. The van der Waals surface area contributed by atoms with E-state index < -0.39 is 5.60 Å². The number of nitrogens with zero attached hydrogens (tertiary/aromatic N) is 4. The van der Waals surface area contributed by atoms with Gasteiger partial charge < -0.3 is 9.64 Å². The predicted octanol–water partition coefficient (Wildman–Crippen LogP) is 4.18. The average Bonchev–Trinajstić information content (AvgIpc) is 3.17. The van der Waals surface area contributed by atoms with Crippen molar-refractivity contribution in [2.24, 2.45) is 0 Å². The number of Topliss-reactive ketones (excluding diaryl/α,β-unsaturated/α-hetero) is 1. The van der Waals surface area contributed by atoms with E-state index in [9.17, 15) is 9.59 Å². The van der Waals surface area contributed by atoms with E-state index in [-0.39, 0.29) is 11.7 Å². The lowest BCUT2D eigenvalue weighted by Crippen LogP contribution is -2.52. The van der Waals surface area contributed by atoms with Crippen molar-refractivity contribution in [1.29, 1.82) is 0 Å². The van der Waals surface area contributed by atoms with Gasteiger partial charge in [-0.05, 0) is 43.7 Å². The Hall–Kier alpha value is -3.19. The number of rotatable bonds is 2. The quantitative estimate of drug-likeness (QED) is 0.585. The minimum Gasteiger partial charge on any atom is -0.486 e. The summed E-state index contributed by atoms with van der Waals surface area (Å²) in [6.07, 6.45) is 4.79. The molecule has 0 saturated carbocycles. The number of carbonyl (C=O) groups is 2. The zero-order chi connectivity index (χ0) is 22.5. The van der Waals surface area contributed by atoms with Crippen molar-refractivity contribution in [2.75, 3.05) is 13.1 Å². The van der Waals surface area contributed by atoms with E-state index in [1.165, 1.54) is 0 Å². The minimum atomic E-state index is -0.577. The molecule has 2 aliphatic heterocycles. The van der Waals surface area contributed by atoms with E-state index in [4.69, 9.17) is 16.3 Å². The average molecular weight is 451 g/mol. The number of aromatic nitrogens is 3. The Labute approximate surface area is 191 Å². The number of hydrogen-bond donors (Lipinski definition) is 0. The van der Waals surface area contributed by atoms with Gasteiger partial charge in [0.2, 0.25) is 0 Å². The summed E-state index contributed by atoms with van der Waals surface area (Å²) in [7, 11) is 0. The Kier molecular flexibility index (Phi) is 5.01. The van der Waals surface area contributed by atoms with Gasteiger partial charge in [-0.15, -0.1) is 0 Å². The Bertz CT molecular complexity index is 1210. The van der Waals surface area contributed by atoms with Crippen molar-refractivity contribution in [1.82, 2.24) is 19.7 Å². The number of amides is 1. The molecule has 2 aromatic heterocycles. The lowest BCUT2D eigenvalue weighted by molar-refractivity contribution is -0.00618. The zero-order valence-electron chi connectivity index (χ0n) is 18.0. The molecule has 0 bridgehead atoms. The van der Waals surface area contributed by atoms with Crippen molar-refractivity contribution in [2.45, 2.75) is 38.7 Å². The molecule has 8 heteroatoms. The van der Waals surface area contributed by atoms with Crippen LogP contribution in [0.3, 0.4) is 0 Å². The Morgan fingerprint density at radius 3 is 2.69 bits per heavy atom. The van der Waals surface area contributed by atoms with E-state index in [1.807, 2.05) is 43.0 Å². The molecule has 0 radical (unpaired) electrons. The van der Waals surface area contributed by atoms with Gasteiger partial charge in [0, 0.05) is 37.2 Å². The molecule has 0 aliphatic carbocycles. The molecule has 164 valence electrons. The van der Waals surface area contributed by atoms with Crippen LogP contribution in [0.4, 0.5) is 0 Å². The van der Waals surface area contributed by atoms with Crippen molar-refractivity contribution in [3.8, 4) is 11.6 Å². The van der Waals surface area contributed by atoms with Gasteiger partial charge in [-0.3, -0.25) is 9.59 Å². The van der Waals surface area contributed by atoms with Crippen LogP contribution in [0.5, 0.6) is 5.75 Å². The fourth-order valence-electron chi connectivity index (χ4n) is 4.61. The lowest BCUT2D eigenvalue weighted by atomic mass is 9.82. The normalized spacial score (nSPS) is 17.2. The number of fused-ring (bicyclic) bond motifs is 1. The maximum Gasteiger partial charge on any atom is 0.257 e. The van der Waals surface area contributed by atoms with Crippen LogP contribution >= 0.6 is 11.6 Å². The third-order valence-electron chi connectivity index (χ3n) is 6.41. The molecule has 3 aromatic rings. The summed E-state index contributed by atoms with van der Waals surface area (Å²) in [4.78, 5) is 32.2. The molecule has 1 spiro atoms. The summed E-state index contributed by atoms with van der Waals surface area (Å²) in [5.41, 5.74) is 2.14. The fraction of sp³-hybridized carbons (Fsp3) is 0.333. The highest BCUT2D eigenvalue weighted by atomic mass is 35.5. The number of likely N-dealkylation sites (tertiary alicyclic amines) is 1. The second-order valence-electron chi connectivity index (χ2n) is 8.52. The van der Waals surface area contributed by atoms with Gasteiger partial charge >= 0.3 is 0 Å². The van der Waals surface area contributed by atoms with Gasteiger partial charge in [0.15, 0.2) is 11.6 Å². The van der Waals surface area contributed by atoms with Crippen molar-refractivity contribution in [3.05, 3.63) is 70.1 Å². The number of halogens is 1. The Morgan fingerprint density at radius 1 is 1.19 bits per heavy atom. The van der Waals surface area contributed by atoms with Gasteiger partial charge in [-0.2, -0.15) is 5.10 Å². The number of piperidine rings is 1. The zero-order valence-corrected chi connectivity index (χ0v) is 18.7. The van der Waals surface area contributed by atoms with Crippen LogP contribution < -0.4 is 4.74 Å². The highest BCUT2D eigenvalue weighted by Crippen LogP contribution is 2.42. The van der Waals surface area contributed by atoms with Gasteiger partial charge in [0.1, 0.15) is 11.4 Å². The number of ether oxygens (including phenoxy) is 1. The van der Waals surface area contributed by atoms with Crippen LogP contribution in [-0.4, -0.2) is 50.0 Å². The number of pyridine rings is 1. The lowest BCUT2D eigenvalue weighted by Gasteiger charge is -2.44. The first-order chi connectivity index (χ1) is 15.4. The van der Waals surface area contributed by atoms with Crippen molar-refractivity contribution < 1.29 is 14.3 Å². The number of hydrogen-bond acceptors (Lipinski definition) is 5. The molecule has 32 heavy (non-hydrogen) atoms. The van der Waals surface area contributed by atoms with Crippen LogP contribution in [0.2, 0.25) is 5.02 Å². The molecular weight excluding hydrogens is 428 g/mol. The summed E-state index contributed by atoms with van der Waals surface area (Å²) >= 11 is 6.13. The van der Waals surface area contributed by atoms with Gasteiger partial charge in [-0.1, -0.05) is 17.7 Å². The van der Waals surface area contributed by atoms with Gasteiger partial charge in [0.25, 0.3) is 5.91 Å². The second-order valence-corrected chi connectivity index (χ2v) is 8.96. The van der Waals surface area contributed by atoms with Gasteiger partial charge in [-0.25, -0.2) is 9.67 Å². The number of ketones is 1. The standard InChI is InChI=1S/C24H23ClN4O3/c1-15-11-17(25)12-18-20(30)13-24(32-22(15)18)6-9-28(10-7-24)23(31)19-14-27-29(16(19)2)21-5-3-4-8-26-21/h3-5,8,11-12,14H,6-7,9-10,13H2,1-2H3. The summed E-state index contributed by atoms with van der Waals surface area (Å²) < 4.78 is 8.07. The van der Waals surface area contributed by atoms with Crippen LogP contribution in [0.25, 0.3) is 5.82 Å². The molecule has 4 heterocycles. The maximum absolute atomic E-state index is 13.2. The fourth-order valence-corrected chi connectivity index (χ4v) is 4.88. The van der Waals surface area contributed by atoms with E-state index in [1.54, 1.807) is 23.1 Å². The molecular formula is C24H23ClN4O3. The topological polar surface area (TPSA) is 77.3 Å². The predicted molar refractivity (Wildman–Crippen MR) is 120 cm³/mol. The molecule has 7 nitrogen and oxygen atoms in total. The van der Waals surface area contributed by atoms with Gasteiger partial charge in [0.05, 0.1) is 29.4 Å². The third kappa shape index (κ3) is 3.46. The first kappa shape index (κ1) is 20.7. The van der Waals surface area contributed by atoms with Crippen molar-refractivity contribution >= 4 is 23.3 Å². The summed E-state index contributed by atoms with van der Waals surface area (Å²) in [6, 6.07) is 9.06. The maximum atomic E-state index is 13.2. The molecule has 1 fully saturated rings. The van der Waals surface area contributed by atoms with E-state index >= 15 is 0 Å². The monoisotopic (exact) mass is 450 g/mol. The molecule has 2 aliphatic rings. The molecule has 0 unspecified atom stereocenters. The molecule has 0 N–H and O–H groups in total. The van der Waals surface area contributed by atoms with E-state index in [0.717, 1.165) is 11.3 Å². The molecule has 0 atom stereocenters. The van der Waals surface area contributed by atoms with Crippen LogP contribution in [0.1, 0.15) is 51.2 Å². The summed E-state index contributed by atoms with van der Waals surface area (Å²) in [5, 5.41) is 4.90. The smallest absolute Gasteiger partial charge is 0.257 e.